The standard InChI is InChI=1S/C31H42N4O6S/c1-4-33-25-16-24(17-26(18-25)35-11-8-12-42(35,38)39)31(37)34-29(15-22-9-6-5-7-10-22)30(36)21-32-20-23-13-27(40-2)19-28(14-23)41-3/h5-7,9-10,13-14,16-19,29-30,32-33,36,38-39H,4,8,11-12,15,20-21H2,1-3H3,(H,34,37)/t29-,30-/m0/s1. The number of amides is 1. The molecule has 3 aromatic rings. The summed E-state index contributed by atoms with van der Waals surface area (Å²) in [5.41, 5.74) is 3.56. The minimum atomic E-state index is -2.92. The van der Waals surface area contributed by atoms with Crippen LogP contribution in [0.25, 0.3) is 0 Å². The van der Waals surface area contributed by atoms with E-state index in [4.69, 9.17) is 9.47 Å². The van der Waals surface area contributed by atoms with Crippen LogP contribution in [0.1, 0.15) is 34.8 Å². The highest BCUT2D eigenvalue weighted by atomic mass is 32.3. The van der Waals surface area contributed by atoms with Crippen molar-refractivity contribution in [2.75, 3.05) is 49.2 Å². The Labute approximate surface area is 249 Å². The molecule has 0 aromatic heterocycles. The number of methoxy groups -OCH3 is 2. The van der Waals surface area contributed by atoms with Gasteiger partial charge in [-0.05, 0) is 61.2 Å². The van der Waals surface area contributed by atoms with Gasteiger partial charge >= 0.3 is 0 Å². The van der Waals surface area contributed by atoms with Gasteiger partial charge in [-0.2, -0.15) is 0 Å². The maximum absolute atomic E-state index is 13.6. The first kappa shape index (κ1) is 31.5. The van der Waals surface area contributed by atoms with E-state index in [9.17, 15) is 19.0 Å². The van der Waals surface area contributed by atoms with Gasteiger partial charge in [-0.3, -0.25) is 18.2 Å². The van der Waals surface area contributed by atoms with Crippen molar-refractivity contribution in [3.05, 3.63) is 83.4 Å². The molecule has 42 heavy (non-hydrogen) atoms. The maximum Gasteiger partial charge on any atom is 0.251 e. The first-order valence-corrected chi connectivity index (χ1v) is 15.8. The van der Waals surface area contributed by atoms with Gasteiger partial charge in [0.15, 0.2) is 0 Å². The number of anilines is 2. The molecule has 0 spiro atoms. The van der Waals surface area contributed by atoms with Gasteiger partial charge < -0.3 is 30.5 Å². The van der Waals surface area contributed by atoms with Gasteiger partial charge in [0.1, 0.15) is 11.5 Å². The van der Waals surface area contributed by atoms with E-state index in [1.165, 1.54) is 0 Å². The van der Waals surface area contributed by atoms with E-state index in [0.29, 0.717) is 66.7 Å². The second-order valence-electron chi connectivity index (χ2n) is 10.3. The number of nitrogens with one attached hydrogen (secondary N) is 3. The fourth-order valence-electron chi connectivity index (χ4n) is 5.03. The van der Waals surface area contributed by atoms with Crippen LogP contribution in [0.2, 0.25) is 0 Å². The molecule has 1 heterocycles. The average Bonchev–Trinajstić information content (AvgIpc) is 3.35. The van der Waals surface area contributed by atoms with Crippen molar-refractivity contribution in [1.29, 1.82) is 0 Å². The van der Waals surface area contributed by atoms with Crippen molar-refractivity contribution in [1.82, 2.24) is 10.6 Å². The molecule has 2 atom stereocenters. The third-order valence-corrected chi connectivity index (χ3v) is 9.09. The quantitative estimate of drug-likeness (QED) is 0.159. The Morgan fingerprint density at radius 2 is 1.71 bits per heavy atom. The largest absolute Gasteiger partial charge is 0.497 e. The number of aliphatic hydroxyl groups excluding tert-OH is 1. The molecule has 0 bridgehead atoms. The maximum atomic E-state index is 13.6. The summed E-state index contributed by atoms with van der Waals surface area (Å²) < 4.78 is 33.4. The van der Waals surface area contributed by atoms with E-state index in [2.05, 4.69) is 16.0 Å². The molecule has 1 aliphatic heterocycles. The lowest BCUT2D eigenvalue weighted by molar-refractivity contribution is 0.0830. The number of carbonyl (C=O) groups excluding carboxylic acids is 1. The molecule has 4 rings (SSSR count). The van der Waals surface area contributed by atoms with E-state index in [1.807, 2.05) is 55.5 Å². The number of nitrogens with zero attached hydrogens (tertiary/aromatic N) is 1. The topological polar surface area (TPSA) is 136 Å². The number of carbonyl (C=O) groups is 1. The third-order valence-electron chi connectivity index (χ3n) is 7.15. The summed E-state index contributed by atoms with van der Waals surface area (Å²) >= 11 is 0. The third kappa shape index (κ3) is 8.30. The Kier molecular flexibility index (Phi) is 10.9. The molecule has 1 aliphatic rings. The van der Waals surface area contributed by atoms with Crippen LogP contribution in [0.3, 0.4) is 0 Å². The number of hydrogen-bond donors (Lipinski definition) is 6. The predicted octanol–water partition coefficient (Wildman–Crippen LogP) is 4.50. The number of rotatable bonds is 14. The summed E-state index contributed by atoms with van der Waals surface area (Å²) in [4.78, 5) is 13.6. The monoisotopic (exact) mass is 598 g/mol. The molecule has 6 N–H and O–H groups in total. The van der Waals surface area contributed by atoms with Crippen LogP contribution in [-0.2, 0) is 13.0 Å². The van der Waals surface area contributed by atoms with Crippen molar-refractivity contribution >= 4 is 28.1 Å². The fraction of sp³-hybridized carbons (Fsp3) is 0.387. The molecule has 1 saturated heterocycles. The Bertz CT molecular complexity index is 1300. The molecule has 0 radical (unpaired) electrons. The lowest BCUT2D eigenvalue weighted by Gasteiger charge is -2.38. The summed E-state index contributed by atoms with van der Waals surface area (Å²) in [7, 11) is 0.270. The van der Waals surface area contributed by atoms with Crippen LogP contribution in [-0.4, -0.2) is 71.9 Å². The Morgan fingerprint density at radius 3 is 2.33 bits per heavy atom. The average molecular weight is 599 g/mol. The summed E-state index contributed by atoms with van der Waals surface area (Å²) in [6.07, 6.45) is 0.189. The summed E-state index contributed by atoms with van der Waals surface area (Å²) in [5.74, 6) is 1.30. The van der Waals surface area contributed by atoms with Gasteiger partial charge in [0.05, 0.1) is 37.8 Å². The molecule has 0 aliphatic carbocycles. The summed E-state index contributed by atoms with van der Waals surface area (Å²) in [6.45, 7) is 3.79. The zero-order valence-corrected chi connectivity index (χ0v) is 25.2. The van der Waals surface area contributed by atoms with Crippen molar-refractivity contribution in [3.8, 4) is 11.5 Å². The highest BCUT2D eigenvalue weighted by Crippen LogP contribution is 2.51. The Morgan fingerprint density at radius 1 is 1.00 bits per heavy atom. The number of hydrogen-bond acceptors (Lipinski definition) is 9. The highest BCUT2D eigenvalue weighted by molar-refractivity contribution is 8.25. The Hall–Kier alpha value is -3.48. The second-order valence-corrected chi connectivity index (χ2v) is 12.4. The lowest BCUT2D eigenvalue weighted by atomic mass is 10.00. The van der Waals surface area contributed by atoms with Crippen LogP contribution in [0.15, 0.2) is 66.7 Å². The zero-order chi connectivity index (χ0) is 30.1. The SMILES string of the molecule is CCNc1cc(C(=O)N[C@@H](Cc2ccccc2)[C@@H](O)CNCc2cc(OC)cc(OC)c2)cc(N2CCCS2(O)O)c1. The first-order valence-electron chi connectivity index (χ1n) is 14.1. The van der Waals surface area contributed by atoms with Gasteiger partial charge in [0, 0.05) is 43.5 Å². The Balaban J connectivity index is 1.51. The molecule has 1 amide bonds. The minimum absolute atomic E-state index is 0.231. The minimum Gasteiger partial charge on any atom is -0.497 e. The summed E-state index contributed by atoms with van der Waals surface area (Å²) in [5, 5.41) is 20.8. The van der Waals surface area contributed by atoms with Crippen molar-refractivity contribution in [2.24, 2.45) is 0 Å². The molecule has 1 fully saturated rings. The fourth-order valence-corrected chi connectivity index (χ4v) is 6.63. The first-order chi connectivity index (χ1) is 20.2. The molecule has 228 valence electrons. The van der Waals surface area contributed by atoms with Gasteiger partial charge in [-0.15, -0.1) is 10.8 Å². The number of ether oxygens (including phenoxy) is 2. The highest BCUT2D eigenvalue weighted by Gasteiger charge is 2.30. The van der Waals surface area contributed by atoms with Gasteiger partial charge in [0.25, 0.3) is 5.91 Å². The van der Waals surface area contributed by atoms with Crippen LogP contribution >= 0.6 is 10.8 Å². The van der Waals surface area contributed by atoms with E-state index >= 15 is 0 Å². The van der Waals surface area contributed by atoms with Crippen molar-refractivity contribution in [2.45, 2.75) is 38.5 Å². The number of aliphatic hydroxyl groups is 1. The van der Waals surface area contributed by atoms with Gasteiger partial charge in [0.2, 0.25) is 0 Å². The predicted molar refractivity (Wildman–Crippen MR) is 169 cm³/mol. The van der Waals surface area contributed by atoms with Crippen molar-refractivity contribution < 1.29 is 28.5 Å². The van der Waals surface area contributed by atoms with Crippen LogP contribution < -0.4 is 29.7 Å². The van der Waals surface area contributed by atoms with E-state index in [1.54, 1.807) is 36.7 Å². The molecular weight excluding hydrogens is 556 g/mol. The molecule has 0 unspecified atom stereocenters. The van der Waals surface area contributed by atoms with Gasteiger partial charge in [-0.25, -0.2) is 0 Å². The second kappa shape index (κ2) is 14.6. The van der Waals surface area contributed by atoms with E-state index < -0.39 is 22.9 Å². The van der Waals surface area contributed by atoms with Gasteiger partial charge in [-0.1, -0.05) is 30.3 Å². The number of benzene rings is 3. The van der Waals surface area contributed by atoms with Crippen molar-refractivity contribution in [3.63, 3.8) is 0 Å². The van der Waals surface area contributed by atoms with Crippen LogP contribution in [0.4, 0.5) is 11.4 Å². The summed E-state index contributed by atoms with van der Waals surface area (Å²) in [6, 6.07) is 19.9. The smallest absolute Gasteiger partial charge is 0.251 e. The van der Waals surface area contributed by atoms with E-state index in [0.717, 1.165) is 11.1 Å². The van der Waals surface area contributed by atoms with Crippen LogP contribution in [0.5, 0.6) is 11.5 Å². The molecule has 3 aromatic carbocycles. The van der Waals surface area contributed by atoms with E-state index in [-0.39, 0.29) is 12.5 Å². The lowest BCUT2D eigenvalue weighted by Crippen LogP contribution is -2.48. The molecular formula is C31H42N4O6S. The molecule has 0 saturated carbocycles. The normalized spacial score (nSPS) is 16.4. The molecule has 10 nitrogen and oxygen atoms in total. The zero-order valence-electron chi connectivity index (χ0n) is 24.4. The molecule has 11 heteroatoms. The van der Waals surface area contributed by atoms with Crippen LogP contribution in [0, 0.1) is 0 Å².